The van der Waals surface area contributed by atoms with Gasteiger partial charge in [-0.15, -0.1) is 0 Å². The van der Waals surface area contributed by atoms with Gasteiger partial charge in [0.1, 0.15) is 11.5 Å². The van der Waals surface area contributed by atoms with Crippen LogP contribution in [0, 0.1) is 0 Å². The Morgan fingerprint density at radius 3 is 2.71 bits per heavy atom. The summed E-state index contributed by atoms with van der Waals surface area (Å²) in [5, 5.41) is 9.33. The van der Waals surface area contributed by atoms with Crippen molar-refractivity contribution in [3.63, 3.8) is 0 Å². The fraction of sp³-hybridized carbons (Fsp3) is 0. The lowest BCUT2D eigenvalue weighted by Crippen LogP contribution is -1.99. The summed E-state index contributed by atoms with van der Waals surface area (Å²) in [4.78, 5) is 14.4. The highest BCUT2D eigenvalue weighted by atomic mass is 35.5. The Hall–Kier alpha value is -2.07. The molecular weight excluding hydrogens is 242 g/mol. The van der Waals surface area contributed by atoms with Crippen molar-refractivity contribution in [3.05, 3.63) is 53.3 Å². The third-order valence-corrected chi connectivity index (χ3v) is 2.22. The van der Waals surface area contributed by atoms with Crippen molar-refractivity contribution < 1.29 is 14.6 Å². The van der Waals surface area contributed by atoms with Gasteiger partial charge >= 0.3 is 5.97 Å². The summed E-state index contributed by atoms with van der Waals surface area (Å²) in [7, 11) is 0. The molecule has 0 amide bonds. The number of aromatic nitrogens is 1. The molecule has 2 rings (SSSR count). The molecule has 4 nitrogen and oxygen atoms in total. The summed E-state index contributed by atoms with van der Waals surface area (Å²) in [6, 6.07) is 9.77. The molecule has 0 bridgehead atoms. The smallest absolute Gasteiger partial charge is 0.354 e. The quantitative estimate of drug-likeness (QED) is 0.907. The summed E-state index contributed by atoms with van der Waals surface area (Å²) >= 11 is 5.81. The Bertz CT molecular complexity index is 557. The normalized spacial score (nSPS) is 9.94. The summed E-state index contributed by atoms with van der Waals surface area (Å²) in [6.07, 6.45) is 1.38. The molecule has 0 fully saturated rings. The highest BCUT2D eigenvalue weighted by Gasteiger charge is 2.06. The molecule has 17 heavy (non-hydrogen) atoms. The molecule has 0 radical (unpaired) electrons. The van der Waals surface area contributed by atoms with Gasteiger partial charge in [0.05, 0.1) is 0 Å². The molecule has 1 aromatic carbocycles. The first-order chi connectivity index (χ1) is 8.15. The van der Waals surface area contributed by atoms with Crippen molar-refractivity contribution in [2.24, 2.45) is 0 Å². The van der Waals surface area contributed by atoms with Gasteiger partial charge in [-0.05, 0) is 24.3 Å². The third kappa shape index (κ3) is 2.95. The van der Waals surface area contributed by atoms with Crippen molar-refractivity contribution in [2.45, 2.75) is 0 Å². The van der Waals surface area contributed by atoms with E-state index >= 15 is 0 Å². The molecule has 0 unspecified atom stereocenters. The largest absolute Gasteiger partial charge is 0.477 e. The van der Waals surface area contributed by atoms with Crippen molar-refractivity contribution in [3.8, 4) is 11.5 Å². The highest BCUT2D eigenvalue weighted by molar-refractivity contribution is 6.30. The predicted molar refractivity (Wildman–Crippen MR) is 62.7 cm³/mol. The van der Waals surface area contributed by atoms with Gasteiger partial charge in [0.2, 0.25) is 0 Å². The minimum Gasteiger partial charge on any atom is -0.477 e. The lowest BCUT2D eigenvalue weighted by Gasteiger charge is -2.05. The molecule has 0 spiro atoms. The molecule has 0 aliphatic carbocycles. The zero-order valence-corrected chi connectivity index (χ0v) is 9.39. The number of carboxylic acids is 1. The Morgan fingerprint density at radius 2 is 2.00 bits per heavy atom. The van der Waals surface area contributed by atoms with Crippen molar-refractivity contribution in [1.82, 2.24) is 4.98 Å². The molecule has 1 heterocycles. The van der Waals surface area contributed by atoms with Gasteiger partial charge < -0.3 is 9.84 Å². The SMILES string of the molecule is O=C(O)c1cc(Oc2cccc(Cl)c2)ccn1. The van der Waals surface area contributed by atoms with Crippen LogP contribution in [0.25, 0.3) is 0 Å². The topological polar surface area (TPSA) is 59.4 Å². The highest BCUT2D eigenvalue weighted by Crippen LogP contribution is 2.24. The fourth-order valence-electron chi connectivity index (χ4n) is 1.26. The van der Waals surface area contributed by atoms with Crippen LogP contribution in [0.3, 0.4) is 0 Å². The second-order valence-electron chi connectivity index (χ2n) is 3.24. The lowest BCUT2D eigenvalue weighted by atomic mass is 10.3. The molecule has 0 aliphatic rings. The van der Waals surface area contributed by atoms with Gasteiger partial charge in [-0.2, -0.15) is 0 Å². The summed E-state index contributed by atoms with van der Waals surface area (Å²) in [5.74, 6) is -0.152. The van der Waals surface area contributed by atoms with Crippen LogP contribution < -0.4 is 4.74 Å². The van der Waals surface area contributed by atoms with Crippen LogP contribution in [0.1, 0.15) is 10.5 Å². The standard InChI is InChI=1S/C12H8ClNO3/c13-8-2-1-3-9(6-8)17-10-4-5-14-11(7-10)12(15)16/h1-7H,(H,15,16). The van der Waals surface area contributed by atoms with Gasteiger partial charge in [0.15, 0.2) is 5.69 Å². The van der Waals surface area contributed by atoms with E-state index in [4.69, 9.17) is 21.4 Å². The van der Waals surface area contributed by atoms with Crippen molar-refractivity contribution >= 4 is 17.6 Å². The van der Waals surface area contributed by atoms with Gasteiger partial charge in [-0.3, -0.25) is 0 Å². The molecule has 0 atom stereocenters. The number of rotatable bonds is 3. The molecule has 0 aliphatic heterocycles. The molecule has 0 saturated carbocycles. The molecule has 1 aromatic heterocycles. The van der Waals surface area contributed by atoms with Crippen LogP contribution in [-0.2, 0) is 0 Å². The van der Waals surface area contributed by atoms with Crippen LogP contribution in [0.2, 0.25) is 5.02 Å². The maximum atomic E-state index is 10.7. The Kier molecular flexibility index (Phi) is 3.25. The zero-order valence-electron chi connectivity index (χ0n) is 8.63. The fourth-order valence-corrected chi connectivity index (χ4v) is 1.44. The van der Waals surface area contributed by atoms with E-state index in [1.54, 1.807) is 30.3 Å². The van der Waals surface area contributed by atoms with Gasteiger partial charge in [-0.1, -0.05) is 17.7 Å². The number of carbonyl (C=O) groups is 1. The maximum absolute atomic E-state index is 10.7. The number of halogens is 1. The molecule has 2 aromatic rings. The second kappa shape index (κ2) is 4.84. The van der Waals surface area contributed by atoms with Crippen molar-refractivity contribution in [2.75, 3.05) is 0 Å². The van der Waals surface area contributed by atoms with E-state index in [1.807, 2.05) is 0 Å². The number of carboxylic acid groups (broad SMARTS) is 1. The number of nitrogens with zero attached hydrogens (tertiary/aromatic N) is 1. The van der Waals surface area contributed by atoms with E-state index in [0.717, 1.165) is 0 Å². The first kappa shape index (κ1) is 11.4. The third-order valence-electron chi connectivity index (χ3n) is 1.98. The van der Waals surface area contributed by atoms with E-state index < -0.39 is 5.97 Å². The van der Waals surface area contributed by atoms with Gasteiger partial charge in [-0.25, -0.2) is 9.78 Å². The first-order valence-corrected chi connectivity index (χ1v) is 5.16. The maximum Gasteiger partial charge on any atom is 0.354 e. The van der Waals surface area contributed by atoms with E-state index in [0.29, 0.717) is 16.5 Å². The van der Waals surface area contributed by atoms with Crippen LogP contribution in [0.4, 0.5) is 0 Å². The van der Waals surface area contributed by atoms with Gasteiger partial charge in [0.25, 0.3) is 0 Å². The predicted octanol–water partition coefficient (Wildman–Crippen LogP) is 3.23. The molecule has 0 saturated heterocycles. The minimum atomic E-state index is -1.10. The van der Waals surface area contributed by atoms with Gasteiger partial charge in [0, 0.05) is 17.3 Å². The average molecular weight is 250 g/mol. The first-order valence-electron chi connectivity index (χ1n) is 4.78. The van der Waals surface area contributed by atoms with Crippen molar-refractivity contribution in [1.29, 1.82) is 0 Å². The van der Waals surface area contributed by atoms with Crippen LogP contribution in [0.5, 0.6) is 11.5 Å². The summed E-state index contributed by atoms with van der Waals surface area (Å²) in [6.45, 7) is 0. The number of ether oxygens (including phenoxy) is 1. The molecular formula is C12H8ClNO3. The number of aromatic carboxylic acids is 1. The molecule has 86 valence electrons. The Balaban J connectivity index is 2.24. The Labute approximate surface area is 102 Å². The van der Waals surface area contributed by atoms with E-state index in [1.165, 1.54) is 12.3 Å². The molecule has 1 N–H and O–H groups in total. The number of benzene rings is 1. The number of pyridine rings is 1. The summed E-state index contributed by atoms with van der Waals surface area (Å²) in [5.41, 5.74) is -0.0653. The zero-order chi connectivity index (χ0) is 12.3. The second-order valence-corrected chi connectivity index (χ2v) is 3.68. The monoisotopic (exact) mass is 249 g/mol. The number of hydrogen-bond acceptors (Lipinski definition) is 3. The number of hydrogen-bond donors (Lipinski definition) is 1. The van der Waals surface area contributed by atoms with Crippen LogP contribution in [-0.4, -0.2) is 16.1 Å². The molecule has 5 heteroatoms. The van der Waals surface area contributed by atoms with Crippen LogP contribution >= 0.6 is 11.6 Å². The van der Waals surface area contributed by atoms with E-state index in [9.17, 15) is 4.79 Å². The minimum absolute atomic E-state index is 0.0653. The van der Waals surface area contributed by atoms with E-state index in [2.05, 4.69) is 4.98 Å². The summed E-state index contributed by atoms with van der Waals surface area (Å²) < 4.78 is 5.46. The average Bonchev–Trinajstić information content (AvgIpc) is 2.29. The lowest BCUT2D eigenvalue weighted by molar-refractivity contribution is 0.0690. The van der Waals surface area contributed by atoms with Crippen LogP contribution in [0.15, 0.2) is 42.6 Å². The van der Waals surface area contributed by atoms with E-state index in [-0.39, 0.29) is 5.69 Å². The Morgan fingerprint density at radius 1 is 1.24 bits per heavy atom.